The molecule has 86 valence electrons. The highest BCUT2D eigenvalue weighted by atomic mass is 127. The Morgan fingerprint density at radius 3 is 2.33 bits per heavy atom. The standard InChI is InChI=1S/C9H14IO3PS/c1-3-12-14(11,13-4-2)7-8-5-6-9(10)15-8/h5-6H,3-4,7H2,1-2H3. The highest BCUT2D eigenvalue weighted by molar-refractivity contribution is 14.1. The first-order valence-electron chi connectivity index (χ1n) is 4.72. The second-order valence-electron chi connectivity index (χ2n) is 2.81. The first-order chi connectivity index (χ1) is 7.09. The van der Waals surface area contributed by atoms with Crippen molar-refractivity contribution in [3.8, 4) is 0 Å². The molecule has 0 spiro atoms. The molecule has 0 aliphatic rings. The third-order valence-corrected chi connectivity index (χ3v) is 5.77. The van der Waals surface area contributed by atoms with Crippen molar-refractivity contribution < 1.29 is 13.6 Å². The van der Waals surface area contributed by atoms with Gasteiger partial charge in [0.05, 0.1) is 22.3 Å². The Hall–Kier alpha value is 0.580. The van der Waals surface area contributed by atoms with Gasteiger partial charge in [-0.05, 0) is 48.6 Å². The number of halogens is 1. The van der Waals surface area contributed by atoms with E-state index in [9.17, 15) is 4.57 Å². The van der Waals surface area contributed by atoms with E-state index in [-0.39, 0.29) is 0 Å². The van der Waals surface area contributed by atoms with Gasteiger partial charge in [0.15, 0.2) is 0 Å². The highest BCUT2D eigenvalue weighted by Crippen LogP contribution is 2.52. The minimum atomic E-state index is -2.92. The van der Waals surface area contributed by atoms with Crippen LogP contribution in [0, 0.1) is 2.88 Å². The summed E-state index contributed by atoms with van der Waals surface area (Å²) in [5.41, 5.74) is 0. The van der Waals surface area contributed by atoms with Gasteiger partial charge < -0.3 is 9.05 Å². The van der Waals surface area contributed by atoms with Crippen LogP contribution in [-0.2, 0) is 19.8 Å². The predicted octanol–water partition coefficient (Wildman–Crippen LogP) is 4.12. The zero-order chi connectivity index (χ0) is 11.3. The summed E-state index contributed by atoms with van der Waals surface area (Å²) in [7, 11) is -2.92. The first kappa shape index (κ1) is 13.6. The van der Waals surface area contributed by atoms with E-state index in [0.29, 0.717) is 19.4 Å². The molecule has 1 heterocycles. The summed E-state index contributed by atoms with van der Waals surface area (Å²) in [6, 6.07) is 3.97. The molecular formula is C9H14IO3PS. The van der Waals surface area contributed by atoms with Crippen LogP contribution >= 0.6 is 41.5 Å². The second kappa shape index (κ2) is 6.35. The summed E-state index contributed by atoms with van der Waals surface area (Å²) in [5, 5.41) is 0. The molecule has 6 heteroatoms. The fraction of sp³-hybridized carbons (Fsp3) is 0.556. The maximum atomic E-state index is 12.2. The van der Waals surface area contributed by atoms with Gasteiger partial charge in [0.2, 0.25) is 0 Å². The molecule has 1 aromatic rings. The molecule has 0 saturated heterocycles. The lowest BCUT2D eigenvalue weighted by atomic mass is 10.5. The van der Waals surface area contributed by atoms with Gasteiger partial charge in [0.25, 0.3) is 0 Å². The quantitative estimate of drug-likeness (QED) is 0.566. The van der Waals surface area contributed by atoms with Gasteiger partial charge in [0.1, 0.15) is 0 Å². The summed E-state index contributed by atoms with van der Waals surface area (Å²) < 4.78 is 23.8. The molecular weight excluding hydrogens is 346 g/mol. The molecule has 0 atom stereocenters. The van der Waals surface area contributed by atoms with Gasteiger partial charge in [0, 0.05) is 4.88 Å². The summed E-state index contributed by atoms with van der Waals surface area (Å²) in [4.78, 5) is 1.05. The molecule has 0 aliphatic carbocycles. The molecule has 0 unspecified atom stereocenters. The topological polar surface area (TPSA) is 35.5 Å². The molecule has 1 rings (SSSR count). The van der Waals surface area contributed by atoms with Crippen molar-refractivity contribution in [1.82, 2.24) is 0 Å². The number of thiophene rings is 1. The van der Waals surface area contributed by atoms with Gasteiger partial charge in [-0.25, -0.2) is 0 Å². The minimum Gasteiger partial charge on any atom is -0.309 e. The third kappa shape index (κ3) is 4.53. The van der Waals surface area contributed by atoms with Crippen LogP contribution in [-0.4, -0.2) is 13.2 Å². The van der Waals surface area contributed by atoms with Gasteiger partial charge >= 0.3 is 7.60 Å². The zero-order valence-corrected chi connectivity index (χ0v) is 12.6. The van der Waals surface area contributed by atoms with Gasteiger partial charge in [-0.1, -0.05) is 0 Å². The minimum absolute atomic E-state index is 0.377. The number of hydrogen-bond acceptors (Lipinski definition) is 4. The fourth-order valence-electron chi connectivity index (χ4n) is 1.15. The predicted molar refractivity (Wildman–Crippen MR) is 71.6 cm³/mol. The maximum Gasteiger partial charge on any atom is 0.335 e. The lowest BCUT2D eigenvalue weighted by Crippen LogP contribution is -1.97. The third-order valence-electron chi connectivity index (χ3n) is 1.63. The zero-order valence-electron chi connectivity index (χ0n) is 8.73. The molecule has 1 aromatic heterocycles. The monoisotopic (exact) mass is 360 g/mol. The van der Waals surface area contributed by atoms with Crippen LogP contribution in [0.25, 0.3) is 0 Å². The molecule has 0 fully saturated rings. The maximum absolute atomic E-state index is 12.2. The Labute approximate surface area is 108 Å². The lowest BCUT2D eigenvalue weighted by molar-refractivity contribution is 0.219. The number of rotatable bonds is 6. The van der Waals surface area contributed by atoms with Crippen LogP contribution in [0.2, 0.25) is 0 Å². The Balaban J connectivity index is 2.70. The van der Waals surface area contributed by atoms with E-state index in [1.165, 1.54) is 2.88 Å². The fourth-order valence-corrected chi connectivity index (χ4v) is 4.96. The van der Waals surface area contributed by atoms with Crippen LogP contribution in [0.4, 0.5) is 0 Å². The Bertz CT molecular complexity index is 343. The van der Waals surface area contributed by atoms with E-state index in [2.05, 4.69) is 22.6 Å². The van der Waals surface area contributed by atoms with Crippen LogP contribution in [0.5, 0.6) is 0 Å². The van der Waals surface area contributed by atoms with Crippen molar-refractivity contribution in [3.05, 3.63) is 19.9 Å². The van der Waals surface area contributed by atoms with E-state index in [1.807, 2.05) is 26.0 Å². The summed E-state index contributed by atoms with van der Waals surface area (Å²) in [5.74, 6) is 0. The van der Waals surface area contributed by atoms with E-state index in [1.54, 1.807) is 11.3 Å². The summed E-state index contributed by atoms with van der Waals surface area (Å²) >= 11 is 3.86. The lowest BCUT2D eigenvalue weighted by Gasteiger charge is -2.15. The van der Waals surface area contributed by atoms with Crippen molar-refractivity contribution in [2.45, 2.75) is 20.0 Å². The Kier molecular flexibility index (Phi) is 5.77. The SMILES string of the molecule is CCOP(=O)(Cc1ccc(I)s1)OCC. The Morgan fingerprint density at radius 1 is 1.33 bits per heavy atom. The summed E-state index contributed by atoms with van der Waals surface area (Å²) in [6.45, 7) is 4.48. The molecule has 0 N–H and O–H groups in total. The largest absolute Gasteiger partial charge is 0.335 e. The average molecular weight is 360 g/mol. The van der Waals surface area contributed by atoms with Crippen molar-refractivity contribution in [2.24, 2.45) is 0 Å². The van der Waals surface area contributed by atoms with E-state index in [0.717, 1.165) is 4.88 Å². The molecule has 0 aromatic carbocycles. The molecule has 0 aliphatic heterocycles. The normalized spacial score (nSPS) is 11.9. The molecule has 3 nitrogen and oxygen atoms in total. The van der Waals surface area contributed by atoms with E-state index in [4.69, 9.17) is 9.05 Å². The van der Waals surface area contributed by atoms with Gasteiger partial charge in [-0.15, -0.1) is 11.3 Å². The van der Waals surface area contributed by atoms with E-state index < -0.39 is 7.60 Å². The van der Waals surface area contributed by atoms with Crippen LogP contribution in [0.3, 0.4) is 0 Å². The highest BCUT2D eigenvalue weighted by Gasteiger charge is 2.24. The molecule has 15 heavy (non-hydrogen) atoms. The first-order valence-corrected chi connectivity index (χ1v) is 8.34. The van der Waals surface area contributed by atoms with Crippen LogP contribution in [0.15, 0.2) is 12.1 Å². The average Bonchev–Trinajstić information content (AvgIpc) is 2.51. The van der Waals surface area contributed by atoms with Crippen molar-refractivity contribution >= 4 is 41.5 Å². The smallest absolute Gasteiger partial charge is 0.309 e. The second-order valence-corrected chi connectivity index (χ2v) is 7.93. The molecule has 0 bridgehead atoms. The van der Waals surface area contributed by atoms with Crippen LogP contribution in [0.1, 0.15) is 18.7 Å². The van der Waals surface area contributed by atoms with Gasteiger partial charge in [-0.2, -0.15) is 0 Å². The molecule has 0 radical (unpaired) electrons. The molecule has 0 saturated carbocycles. The Morgan fingerprint density at radius 2 is 1.93 bits per heavy atom. The van der Waals surface area contributed by atoms with Gasteiger partial charge in [-0.3, -0.25) is 4.57 Å². The van der Waals surface area contributed by atoms with Crippen molar-refractivity contribution in [2.75, 3.05) is 13.2 Å². The van der Waals surface area contributed by atoms with Crippen LogP contribution < -0.4 is 0 Å². The van der Waals surface area contributed by atoms with E-state index >= 15 is 0 Å². The molecule has 0 amide bonds. The number of hydrogen-bond donors (Lipinski definition) is 0. The summed E-state index contributed by atoms with van der Waals surface area (Å²) in [6.07, 6.45) is 0.377. The van der Waals surface area contributed by atoms with Crippen molar-refractivity contribution in [3.63, 3.8) is 0 Å². The van der Waals surface area contributed by atoms with Crippen molar-refractivity contribution in [1.29, 1.82) is 0 Å².